The Morgan fingerprint density at radius 2 is 2.00 bits per heavy atom. The number of hydrogen-bond donors (Lipinski definition) is 1. The lowest BCUT2D eigenvalue weighted by molar-refractivity contribution is 0.0595. The summed E-state index contributed by atoms with van der Waals surface area (Å²) >= 11 is 0. The minimum absolute atomic E-state index is 0.235. The zero-order valence-electron chi connectivity index (χ0n) is 11.5. The number of rotatable bonds is 3. The van der Waals surface area contributed by atoms with Gasteiger partial charge in [-0.15, -0.1) is 0 Å². The number of carbonyl (C=O) groups is 2. The zero-order valence-corrected chi connectivity index (χ0v) is 11.5. The summed E-state index contributed by atoms with van der Waals surface area (Å²) in [6.45, 7) is 1.77. The average Bonchev–Trinajstić information content (AvgIpc) is 2.48. The van der Waals surface area contributed by atoms with E-state index in [-0.39, 0.29) is 16.9 Å². The first-order valence-electron chi connectivity index (χ1n) is 6.14. The minimum Gasteiger partial charge on any atom is -0.465 e. The van der Waals surface area contributed by atoms with Crippen molar-refractivity contribution < 1.29 is 18.7 Å². The summed E-state index contributed by atoms with van der Waals surface area (Å²) in [5.74, 6) is -1.97. The smallest absolute Gasteiger partial charge is 0.340 e. The van der Waals surface area contributed by atoms with E-state index < -0.39 is 17.7 Å². The monoisotopic (exact) mass is 288 g/mol. The second-order valence-electron chi connectivity index (χ2n) is 4.30. The van der Waals surface area contributed by atoms with Crippen molar-refractivity contribution in [2.24, 2.45) is 0 Å². The molecule has 2 rings (SSSR count). The molecule has 1 N–H and O–H groups in total. The highest BCUT2D eigenvalue weighted by atomic mass is 19.1. The molecule has 1 heterocycles. The van der Waals surface area contributed by atoms with E-state index in [0.29, 0.717) is 5.69 Å². The second kappa shape index (κ2) is 6.13. The number of nitrogens with one attached hydrogen (secondary N) is 1. The topological polar surface area (TPSA) is 68.3 Å². The van der Waals surface area contributed by atoms with Gasteiger partial charge in [0.25, 0.3) is 5.91 Å². The molecular weight excluding hydrogens is 275 g/mol. The molecule has 108 valence electrons. The van der Waals surface area contributed by atoms with Gasteiger partial charge in [0.2, 0.25) is 0 Å². The van der Waals surface area contributed by atoms with E-state index in [9.17, 15) is 14.0 Å². The van der Waals surface area contributed by atoms with Crippen molar-refractivity contribution in [3.63, 3.8) is 0 Å². The Morgan fingerprint density at radius 1 is 1.24 bits per heavy atom. The van der Waals surface area contributed by atoms with Crippen LogP contribution in [0.1, 0.15) is 26.5 Å². The van der Waals surface area contributed by atoms with Gasteiger partial charge >= 0.3 is 5.97 Å². The molecule has 2 aromatic rings. The van der Waals surface area contributed by atoms with Gasteiger partial charge in [-0.3, -0.25) is 4.79 Å². The third-order valence-corrected chi connectivity index (χ3v) is 2.75. The van der Waals surface area contributed by atoms with Crippen molar-refractivity contribution >= 4 is 17.6 Å². The van der Waals surface area contributed by atoms with Crippen molar-refractivity contribution in [2.45, 2.75) is 6.92 Å². The lowest BCUT2D eigenvalue weighted by Gasteiger charge is -2.07. The lowest BCUT2D eigenvalue weighted by atomic mass is 10.2. The van der Waals surface area contributed by atoms with E-state index in [1.807, 2.05) is 0 Å². The predicted molar refractivity (Wildman–Crippen MR) is 74.7 cm³/mol. The number of aromatic nitrogens is 1. The molecule has 0 atom stereocenters. The molecule has 0 saturated heterocycles. The molecule has 21 heavy (non-hydrogen) atoms. The number of pyridine rings is 1. The summed E-state index contributed by atoms with van der Waals surface area (Å²) in [6.07, 6.45) is 0. The molecule has 6 heteroatoms. The predicted octanol–water partition coefficient (Wildman–Crippen LogP) is 2.57. The quantitative estimate of drug-likeness (QED) is 0.881. The second-order valence-corrected chi connectivity index (χ2v) is 4.30. The van der Waals surface area contributed by atoms with E-state index in [2.05, 4.69) is 15.0 Å². The van der Waals surface area contributed by atoms with E-state index in [0.717, 1.165) is 13.2 Å². The zero-order chi connectivity index (χ0) is 15.4. The van der Waals surface area contributed by atoms with Gasteiger partial charge in [0.05, 0.1) is 12.7 Å². The van der Waals surface area contributed by atoms with Crippen molar-refractivity contribution in [3.05, 3.63) is 59.2 Å². The highest BCUT2D eigenvalue weighted by Crippen LogP contribution is 2.16. The molecule has 0 spiro atoms. The van der Waals surface area contributed by atoms with Crippen molar-refractivity contribution in [2.75, 3.05) is 12.4 Å². The number of esters is 1. The van der Waals surface area contributed by atoms with Gasteiger partial charge < -0.3 is 10.1 Å². The third kappa shape index (κ3) is 3.42. The molecule has 0 aliphatic heterocycles. The number of ether oxygens (including phenoxy) is 1. The molecule has 0 radical (unpaired) electrons. The van der Waals surface area contributed by atoms with Crippen LogP contribution in [-0.2, 0) is 4.74 Å². The lowest BCUT2D eigenvalue weighted by Crippen LogP contribution is -2.15. The van der Waals surface area contributed by atoms with Crippen LogP contribution in [0.4, 0.5) is 10.1 Å². The fraction of sp³-hybridized carbons (Fsp3) is 0.133. The molecule has 5 nitrogen and oxygen atoms in total. The fourth-order valence-electron chi connectivity index (χ4n) is 1.73. The van der Waals surface area contributed by atoms with Gasteiger partial charge in [-0.25, -0.2) is 14.2 Å². The molecular formula is C15H13FN2O3. The van der Waals surface area contributed by atoms with E-state index >= 15 is 0 Å². The Balaban J connectivity index is 2.24. The molecule has 0 aliphatic carbocycles. The number of aryl methyl sites for hydroxylation is 1. The number of amides is 1. The van der Waals surface area contributed by atoms with Crippen LogP contribution in [0, 0.1) is 12.7 Å². The summed E-state index contributed by atoms with van der Waals surface area (Å²) in [4.78, 5) is 27.5. The summed E-state index contributed by atoms with van der Waals surface area (Å²) < 4.78 is 18.0. The maximum absolute atomic E-state index is 13.5. The van der Waals surface area contributed by atoms with Crippen LogP contribution < -0.4 is 5.32 Å². The number of nitrogens with zero attached hydrogens (tertiary/aromatic N) is 1. The van der Waals surface area contributed by atoms with E-state index in [1.54, 1.807) is 25.1 Å². The molecule has 1 aromatic carbocycles. The van der Waals surface area contributed by atoms with Crippen LogP contribution in [-0.4, -0.2) is 24.0 Å². The number of hydrogen-bond acceptors (Lipinski definition) is 4. The Morgan fingerprint density at radius 3 is 2.67 bits per heavy atom. The van der Waals surface area contributed by atoms with Gasteiger partial charge in [0, 0.05) is 11.4 Å². The average molecular weight is 288 g/mol. The Bertz CT molecular complexity index is 701. The SMILES string of the molecule is COC(=O)c1cc(NC(=O)c2cccc(C)n2)ccc1F. The van der Waals surface area contributed by atoms with Crippen LogP contribution in [0.5, 0.6) is 0 Å². The Kier molecular flexibility index (Phi) is 4.27. The number of benzene rings is 1. The Labute approximate surface area is 120 Å². The normalized spacial score (nSPS) is 10.0. The highest BCUT2D eigenvalue weighted by molar-refractivity contribution is 6.03. The summed E-state index contributed by atoms with van der Waals surface area (Å²) in [6, 6.07) is 8.70. The van der Waals surface area contributed by atoms with Gasteiger partial charge in [0.1, 0.15) is 11.5 Å². The van der Waals surface area contributed by atoms with E-state index in [1.165, 1.54) is 12.1 Å². The van der Waals surface area contributed by atoms with Crippen LogP contribution in [0.2, 0.25) is 0 Å². The first-order chi connectivity index (χ1) is 10.0. The van der Waals surface area contributed by atoms with Crippen molar-refractivity contribution in [3.8, 4) is 0 Å². The molecule has 1 aromatic heterocycles. The number of carbonyl (C=O) groups excluding carboxylic acids is 2. The summed E-state index contributed by atoms with van der Waals surface area (Å²) in [5.41, 5.74) is 0.980. The van der Waals surface area contributed by atoms with Crippen molar-refractivity contribution in [1.29, 1.82) is 0 Å². The largest absolute Gasteiger partial charge is 0.465 e. The first kappa shape index (κ1) is 14.6. The van der Waals surface area contributed by atoms with Crippen LogP contribution in [0.15, 0.2) is 36.4 Å². The maximum Gasteiger partial charge on any atom is 0.340 e. The van der Waals surface area contributed by atoms with Gasteiger partial charge in [0.15, 0.2) is 0 Å². The molecule has 0 unspecified atom stereocenters. The van der Waals surface area contributed by atoms with Gasteiger partial charge in [-0.05, 0) is 37.3 Å². The molecule has 0 aliphatic rings. The molecule has 1 amide bonds. The summed E-state index contributed by atoms with van der Waals surface area (Å²) in [7, 11) is 1.16. The fourth-order valence-corrected chi connectivity index (χ4v) is 1.73. The van der Waals surface area contributed by atoms with Crippen molar-refractivity contribution in [1.82, 2.24) is 4.98 Å². The maximum atomic E-state index is 13.5. The Hall–Kier alpha value is -2.76. The minimum atomic E-state index is -0.808. The van der Waals surface area contributed by atoms with Crippen LogP contribution >= 0.6 is 0 Å². The van der Waals surface area contributed by atoms with Gasteiger partial charge in [-0.2, -0.15) is 0 Å². The summed E-state index contributed by atoms with van der Waals surface area (Å²) in [5, 5.41) is 2.56. The van der Waals surface area contributed by atoms with Crippen LogP contribution in [0.25, 0.3) is 0 Å². The first-order valence-corrected chi connectivity index (χ1v) is 6.14. The van der Waals surface area contributed by atoms with Crippen LogP contribution in [0.3, 0.4) is 0 Å². The molecule has 0 saturated carbocycles. The number of anilines is 1. The third-order valence-electron chi connectivity index (χ3n) is 2.75. The number of halogens is 1. The van der Waals surface area contributed by atoms with E-state index in [4.69, 9.17) is 0 Å². The molecule has 0 fully saturated rings. The van der Waals surface area contributed by atoms with Gasteiger partial charge in [-0.1, -0.05) is 6.07 Å². The standard InChI is InChI=1S/C15H13FN2O3/c1-9-4-3-5-13(17-9)14(19)18-10-6-7-12(16)11(8-10)15(20)21-2/h3-8H,1-2H3,(H,18,19). The number of methoxy groups -OCH3 is 1. The highest BCUT2D eigenvalue weighted by Gasteiger charge is 2.14. The molecule has 0 bridgehead atoms.